The number of carbonyl (C=O) groups excluding carboxylic acids is 2. The van der Waals surface area contributed by atoms with E-state index >= 15 is 0 Å². The summed E-state index contributed by atoms with van der Waals surface area (Å²) in [6, 6.07) is 9.50. The number of hydrogen-bond donors (Lipinski definition) is 2. The van der Waals surface area contributed by atoms with Gasteiger partial charge in [-0.25, -0.2) is 0 Å². The van der Waals surface area contributed by atoms with Crippen molar-refractivity contribution in [2.45, 2.75) is 19.8 Å². The number of hydrogen-bond acceptors (Lipinski definition) is 3. The van der Waals surface area contributed by atoms with Gasteiger partial charge in [-0.1, -0.05) is 42.5 Å². The molecule has 2 amide bonds. The van der Waals surface area contributed by atoms with Crippen molar-refractivity contribution in [2.75, 3.05) is 0 Å². The Morgan fingerprint density at radius 3 is 2.30 bits per heavy atom. The lowest BCUT2D eigenvalue weighted by atomic mass is 9.76. The maximum Gasteiger partial charge on any atom is 0.242 e. The van der Waals surface area contributed by atoms with E-state index in [9.17, 15) is 9.59 Å². The highest BCUT2D eigenvalue weighted by atomic mass is 32.1. The zero-order chi connectivity index (χ0) is 14.6. The van der Waals surface area contributed by atoms with Gasteiger partial charge in [-0.2, -0.15) is 0 Å². The second-order valence-corrected chi connectivity index (χ2v) is 5.16. The van der Waals surface area contributed by atoms with Crippen molar-refractivity contribution in [3.63, 3.8) is 0 Å². The Kier molecular flexibility index (Phi) is 4.29. The van der Waals surface area contributed by atoms with Crippen molar-refractivity contribution in [1.29, 1.82) is 0 Å². The first-order chi connectivity index (χ1) is 9.58. The van der Waals surface area contributed by atoms with E-state index in [4.69, 9.17) is 12.2 Å². The van der Waals surface area contributed by atoms with Crippen LogP contribution in [-0.4, -0.2) is 16.9 Å². The summed E-state index contributed by atoms with van der Waals surface area (Å²) in [7, 11) is 0. The summed E-state index contributed by atoms with van der Waals surface area (Å²) in [4.78, 5) is 24.7. The van der Waals surface area contributed by atoms with Crippen LogP contribution in [0.15, 0.2) is 42.5 Å². The van der Waals surface area contributed by atoms with E-state index in [0.717, 1.165) is 5.56 Å². The van der Waals surface area contributed by atoms with Crippen LogP contribution in [0.4, 0.5) is 0 Å². The molecule has 1 aliphatic rings. The Morgan fingerprint density at radius 2 is 1.75 bits per heavy atom. The third kappa shape index (κ3) is 2.77. The predicted octanol–water partition coefficient (Wildman–Crippen LogP) is 1.71. The molecule has 1 aromatic rings. The molecular weight excluding hydrogens is 272 g/mol. The molecule has 0 bridgehead atoms. The summed E-state index contributed by atoms with van der Waals surface area (Å²) in [6.45, 7) is 1.86. The smallest absolute Gasteiger partial charge is 0.242 e. The van der Waals surface area contributed by atoms with Crippen molar-refractivity contribution in [1.82, 2.24) is 10.6 Å². The molecule has 0 saturated carbocycles. The zero-order valence-corrected chi connectivity index (χ0v) is 12.0. The molecule has 2 N–H and O–H groups in total. The Hall–Kier alpha value is -2.01. The molecule has 4 nitrogen and oxygen atoms in total. The first-order valence-electron chi connectivity index (χ1n) is 6.40. The molecule has 1 saturated heterocycles. The highest BCUT2D eigenvalue weighted by Gasteiger charge is 2.48. The summed E-state index contributed by atoms with van der Waals surface area (Å²) in [5, 5.41) is 5.19. The number of rotatable bonds is 4. The van der Waals surface area contributed by atoms with E-state index in [1.54, 1.807) is 0 Å². The molecule has 0 atom stereocenters. The molecule has 5 heteroatoms. The molecular formula is C15H16N2O2S. The van der Waals surface area contributed by atoms with Crippen LogP contribution < -0.4 is 10.6 Å². The van der Waals surface area contributed by atoms with E-state index in [1.807, 2.05) is 49.4 Å². The molecule has 1 aliphatic heterocycles. The molecule has 2 rings (SSSR count). The Bertz CT molecular complexity index is 546. The van der Waals surface area contributed by atoms with E-state index in [2.05, 4.69) is 10.6 Å². The van der Waals surface area contributed by atoms with Gasteiger partial charge in [-0.15, -0.1) is 0 Å². The van der Waals surface area contributed by atoms with Crippen molar-refractivity contribution in [3.05, 3.63) is 48.0 Å². The topological polar surface area (TPSA) is 58.2 Å². The molecule has 104 valence electrons. The lowest BCUT2D eigenvalue weighted by molar-refractivity contribution is -0.143. The van der Waals surface area contributed by atoms with Crippen molar-refractivity contribution in [2.24, 2.45) is 5.41 Å². The van der Waals surface area contributed by atoms with Crippen molar-refractivity contribution >= 4 is 29.1 Å². The molecule has 0 aromatic heterocycles. The summed E-state index contributed by atoms with van der Waals surface area (Å²) < 4.78 is 0. The van der Waals surface area contributed by atoms with E-state index in [1.165, 1.54) is 0 Å². The normalized spacial score (nSPS) is 17.9. The Balaban J connectivity index is 2.37. The van der Waals surface area contributed by atoms with Gasteiger partial charge >= 0.3 is 0 Å². The Morgan fingerprint density at radius 1 is 1.15 bits per heavy atom. The molecule has 1 heterocycles. The largest absolute Gasteiger partial charge is 0.302 e. The number of carbonyl (C=O) groups is 2. The fraction of sp³-hybridized carbons (Fsp3) is 0.267. The second-order valence-electron chi connectivity index (χ2n) is 4.76. The second kappa shape index (κ2) is 5.96. The lowest BCUT2D eigenvalue weighted by Gasteiger charge is -2.34. The lowest BCUT2D eigenvalue weighted by Crippen LogP contribution is -2.63. The van der Waals surface area contributed by atoms with Gasteiger partial charge in [0, 0.05) is 0 Å². The standard InChI is InChI=1S/C15H16N2O2S/c1-2-3-9-15(10-11-7-5-4-6-8-11)12(18)16-14(20)17-13(15)19/h2-8H,9-10H2,1H3,(H2,16,17,18,19,20). The third-order valence-corrected chi connectivity index (χ3v) is 3.58. The molecule has 20 heavy (non-hydrogen) atoms. The minimum Gasteiger partial charge on any atom is -0.302 e. The maximum atomic E-state index is 12.4. The minimum atomic E-state index is -1.14. The Labute approximate surface area is 123 Å². The van der Waals surface area contributed by atoms with Gasteiger partial charge < -0.3 is 10.6 Å². The average molecular weight is 288 g/mol. The third-order valence-electron chi connectivity index (χ3n) is 3.37. The summed E-state index contributed by atoms with van der Waals surface area (Å²) in [5.74, 6) is -0.679. The van der Waals surface area contributed by atoms with Crippen molar-refractivity contribution in [3.8, 4) is 0 Å². The molecule has 0 spiro atoms. The minimum absolute atomic E-state index is 0.0733. The molecule has 0 aliphatic carbocycles. The van der Waals surface area contributed by atoms with Gasteiger partial charge in [0.1, 0.15) is 5.41 Å². The van der Waals surface area contributed by atoms with Crippen LogP contribution in [0.2, 0.25) is 0 Å². The first kappa shape index (κ1) is 14.4. The SMILES string of the molecule is CC=CCC1(Cc2ccccc2)C(=O)NC(=S)NC1=O. The quantitative estimate of drug-likeness (QED) is 0.504. The van der Waals surface area contributed by atoms with Crippen LogP contribution >= 0.6 is 12.2 Å². The number of allylic oxidation sites excluding steroid dienone is 2. The van der Waals surface area contributed by atoms with Gasteiger partial charge in [0.15, 0.2) is 5.11 Å². The van der Waals surface area contributed by atoms with Gasteiger partial charge in [0.25, 0.3) is 0 Å². The number of amides is 2. The van der Waals surface area contributed by atoms with Gasteiger partial charge in [0.2, 0.25) is 11.8 Å². The molecule has 0 unspecified atom stereocenters. The molecule has 0 radical (unpaired) electrons. The maximum absolute atomic E-state index is 12.4. The van der Waals surface area contributed by atoms with Crippen LogP contribution in [0, 0.1) is 5.41 Å². The number of nitrogens with one attached hydrogen (secondary N) is 2. The average Bonchev–Trinajstić information content (AvgIpc) is 2.42. The molecule has 1 aromatic carbocycles. The molecule has 1 fully saturated rings. The van der Waals surface area contributed by atoms with Gasteiger partial charge in [0.05, 0.1) is 0 Å². The fourth-order valence-corrected chi connectivity index (χ4v) is 2.45. The van der Waals surface area contributed by atoms with Crippen molar-refractivity contribution < 1.29 is 9.59 Å². The monoisotopic (exact) mass is 288 g/mol. The summed E-state index contributed by atoms with van der Waals surface area (Å²) >= 11 is 4.86. The van der Waals surface area contributed by atoms with Crippen LogP contribution in [-0.2, 0) is 16.0 Å². The van der Waals surface area contributed by atoms with Crippen LogP contribution in [0.3, 0.4) is 0 Å². The first-order valence-corrected chi connectivity index (χ1v) is 6.81. The highest BCUT2D eigenvalue weighted by Crippen LogP contribution is 2.30. The van der Waals surface area contributed by atoms with E-state index < -0.39 is 5.41 Å². The summed E-state index contributed by atoms with van der Waals surface area (Å²) in [6.07, 6.45) is 4.35. The fourth-order valence-electron chi connectivity index (χ4n) is 2.26. The van der Waals surface area contributed by atoms with Crippen LogP contribution in [0.1, 0.15) is 18.9 Å². The van der Waals surface area contributed by atoms with Crippen LogP contribution in [0.5, 0.6) is 0 Å². The predicted molar refractivity (Wildman–Crippen MR) is 80.9 cm³/mol. The van der Waals surface area contributed by atoms with Gasteiger partial charge in [-0.05, 0) is 37.5 Å². The van der Waals surface area contributed by atoms with Crippen LogP contribution in [0.25, 0.3) is 0 Å². The highest BCUT2D eigenvalue weighted by molar-refractivity contribution is 7.80. The van der Waals surface area contributed by atoms with E-state index in [-0.39, 0.29) is 16.9 Å². The van der Waals surface area contributed by atoms with E-state index in [0.29, 0.717) is 12.8 Å². The zero-order valence-electron chi connectivity index (χ0n) is 11.2. The van der Waals surface area contributed by atoms with Gasteiger partial charge in [-0.3, -0.25) is 9.59 Å². The number of benzene rings is 1. The number of thiocarbonyl (C=S) groups is 1. The summed E-state index contributed by atoms with van der Waals surface area (Å²) in [5.41, 5.74) is -0.203.